The minimum atomic E-state index is -5.15. The van der Waals surface area contributed by atoms with E-state index in [1.165, 1.54) is 19.2 Å². The third-order valence-electron chi connectivity index (χ3n) is 2.59. The smallest absolute Gasteiger partial charge is 0.471 e. The van der Waals surface area contributed by atoms with Crippen LogP contribution in [0.1, 0.15) is 0 Å². The molecule has 0 radical (unpaired) electrons. The minimum Gasteiger partial charge on any atom is -0.471 e. The average Bonchev–Trinajstić information content (AvgIpc) is 2.34. The van der Waals surface area contributed by atoms with Gasteiger partial charge in [-0.25, -0.2) is 0 Å². The van der Waals surface area contributed by atoms with Crippen LogP contribution in [0.25, 0.3) is 10.8 Å². The van der Waals surface area contributed by atoms with Gasteiger partial charge < -0.3 is 22.4 Å². The maximum absolute atomic E-state index is 13.1. The molecule has 0 aliphatic rings. The molecule has 0 saturated carbocycles. The first-order valence-corrected chi connectivity index (χ1v) is 5.37. The topological polar surface area (TPSA) is 18.5 Å². The SMILES string of the molecule is COCOc1ccc2ccccc2c1[B-](F)(F)F.[K+]. The number of rotatable bonds is 4. The number of hydrogen-bond donors (Lipinski definition) is 0. The molecule has 0 fully saturated rings. The van der Waals surface area contributed by atoms with E-state index in [1.807, 2.05) is 0 Å². The van der Waals surface area contributed by atoms with E-state index in [-0.39, 0.29) is 69.3 Å². The molecule has 2 rings (SSSR count). The van der Waals surface area contributed by atoms with Gasteiger partial charge in [-0.15, -0.1) is 0 Å². The Bertz CT molecular complexity index is 560. The molecule has 0 saturated heterocycles. The molecule has 0 spiro atoms. The predicted octanol–water partition coefficient (Wildman–Crippen LogP) is -0.119. The Balaban J connectivity index is 0.00000180. The molecule has 19 heavy (non-hydrogen) atoms. The summed E-state index contributed by atoms with van der Waals surface area (Å²) in [5.41, 5.74) is -0.704. The van der Waals surface area contributed by atoms with E-state index in [0.717, 1.165) is 0 Å². The summed E-state index contributed by atoms with van der Waals surface area (Å²) in [5.74, 6) is -0.192. The summed E-state index contributed by atoms with van der Waals surface area (Å²) < 4.78 is 49.1. The summed E-state index contributed by atoms with van der Waals surface area (Å²) in [6.07, 6.45) is 0. The summed E-state index contributed by atoms with van der Waals surface area (Å²) in [7, 11) is 1.36. The number of methoxy groups -OCH3 is 1. The molecule has 0 unspecified atom stereocenters. The first-order chi connectivity index (χ1) is 8.54. The van der Waals surface area contributed by atoms with Crippen molar-refractivity contribution in [1.82, 2.24) is 0 Å². The Kier molecular flexibility index (Phi) is 6.36. The van der Waals surface area contributed by atoms with Gasteiger partial charge in [0, 0.05) is 7.11 Å². The van der Waals surface area contributed by atoms with E-state index >= 15 is 0 Å². The van der Waals surface area contributed by atoms with Crippen LogP contribution in [0.4, 0.5) is 12.9 Å². The van der Waals surface area contributed by atoms with Crippen LogP contribution in [0.15, 0.2) is 36.4 Å². The van der Waals surface area contributed by atoms with Gasteiger partial charge in [-0.1, -0.05) is 35.8 Å². The Hall–Kier alpha value is -0.0487. The van der Waals surface area contributed by atoms with Crippen molar-refractivity contribution in [3.05, 3.63) is 36.4 Å². The first-order valence-electron chi connectivity index (χ1n) is 5.37. The van der Waals surface area contributed by atoms with Gasteiger partial charge >= 0.3 is 58.4 Å². The van der Waals surface area contributed by atoms with Crippen molar-refractivity contribution in [3.63, 3.8) is 0 Å². The van der Waals surface area contributed by atoms with Crippen LogP contribution in [0.5, 0.6) is 5.75 Å². The average molecular weight is 294 g/mol. The molecule has 2 aromatic carbocycles. The molecular weight excluding hydrogens is 283 g/mol. The summed E-state index contributed by atoms with van der Waals surface area (Å²) >= 11 is 0. The van der Waals surface area contributed by atoms with Crippen molar-refractivity contribution in [2.24, 2.45) is 0 Å². The molecule has 7 heteroatoms. The maximum Gasteiger partial charge on any atom is 1.00 e. The summed E-state index contributed by atoms with van der Waals surface area (Å²) in [5, 5.41) is 0.690. The quantitative estimate of drug-likeness (QED) is 0.578. The number of hydrogen-bond acceptors (Lipinski definition) is 2. The van der Waals surface area contributed by atoms with Gasteiger partial charge in [0.2, 0.25) is 0 Å². The molecule has 0 aromatic heterocycles. The molecule has 0 amide bonds. The van der Waals surface area contributed by atoms with E-state index < -0.39 is 12.4 Å². The van der Waals surface area contributed by atoms with Gasteiger partial charge in [-0.2, -0.15) is 0 Å². The van der Waals surface area contributed by atoms with Crippen molar-refractivity contribution in [1.29, 1.82) is 0 Å². The number of ether oxygens (including phenoxy) is 2. The third kappa shape index (κ3) is 3.96. The van der Waals surface area contributed by atoms with Crippen LogP contribution < -0.4 is 61.6 Å². The van der Waals surface area contributed by atoms with Crippen molar-refractivity contribution < 1.29 is 73.8 Å². The molecule has 2 aromatic rings. The van der Waals surface area contributed by atoms with Crippen molar-refractivity contribution in [2.75, 3.05) is 13.9 Å². The van der Waals surface area contributed by atoms with Crippen molar-refractivity contribution >= 4 is 23.2 Å². The second kappa shape index (κ2) is 7.10. The summed E-state index contributed by atoms with van der Waals surface area (Å²) in [6.45, 7) is -5.36. The molecule has 2 nitrogen and oxygen atoms in total. The van der Waals surface area contributed by atoms with E-state index in [0.29, 0.717) is 5.39 Å². The van der Waals surface area contributed by atoms with E-state index in [9.17, 15) is 12.9 Å². The summed E-state index contributed by atoms with van der Waals surface area (Å²) in [6, 6.07) is 9.29. The first kappa shape index (κ1) is 17.0. The fourth-order valence-corrected chi connectivity index (χ4v) is 1.86. The Labute approximate surface area is 151 Å². The number of fused-ring (bicyclic) bond motifs is 1. The number of benzene rings is 2. The molecule has 0 heterocycles. The third-order valence-corrected chi connectivity index (χ3v) is 2.59. The van der Waals surface area contributed by atoms with Crippen LogP contribution in [0, 0.1) is 0 Å². The van der Waals surface area contributed by atoms with Crippen LogP contribution in [-0.4, -0.2) is 20.9 Å². The van der Waals surface area contributed by atoms with Crippen molar-refractivity contribution in [2.45, 2.75) is 0 Å². The Morgan fingerprint density at radius 2 is 1.74 bits per heavy atom. The predicted molar refractivity (Wildman–Crippen MR) is 65.2 cm³/mol. The zero-order valence-electron chi connectivity index (χ0n) is 10.7. The maximum atomic E-state index is 13.1. The Morgan fingerprint density at radius 1 is 1.05 bits per heavy atom. The minimum absolute atomic E-state index is 0. The molecular formula is C12H11BF3KO2. The van der Waals surface area contributed by atoms with Crippen molar-refractivity contribution in [3.8, 4) is 5.75 Å². The monoisotopic (exact) mass is 294 g/mol. The van der Waals surface area contributed by atoms with Gasteiger partial charge in [0.05, 0.1) is 5.75 Å². The van der Waals surface area contributed by atoms with Gasteiger partial charge in [0.15, 0.2) is 6.79 Å². The molecule has 0 N–H and O–H groups in total. The molecule has 0 aliphatic heterocycles. The normalized spacial score (nSPS) is 11.2. The number of halogens is 3. The standard InChI is InChI=1S/C12H11BF3O2.K/c1-17-8-18-11-7-6-9-4-2-3-5-10(9)12(11)13(14,15)16;/h2-7H,8H2,1H3;/q-1;+1. The Morgan fingerprint density at radius 3 is 2.37 bits per heavy atom. The van der Waals surface area contributed by atoms with E-state index in [4.69, 9.17) is 4.74 Å². The van der Waals surface area contributed by atoms with E-state index in [1.54, 1.807) is 24.3 Å². The zero-order chi connectivity index (χ0) is 13.2. The fourth-order valence-electron chi connectivity index (χ4n) is 1.86. The van der Waals surface area contributed by atoms with Gasteiger partial charge in [-0.05, 0) is 16.8 Å². The molecule has 0 atom stereocenters. The fraction of sp³-hybridized carbons (Fsp3) is 0.167. The largest absolute Gasteiger partial charge is 1.00 e. The second-order valence-electron chi connectivity index (χ2n) is 3.82. The van der Waals surface area contributed by atoms with Crippen LogP contribution in [0.3, 0.4) is 0 Å². The zero-order valence-corrected chi connectivity index (χ0v) is 13.8. The molecule has 0 aliphatic carbocycles. The van der Waals surface area contributed by atoms with Gasteiger partial charge in [-0.3, -0.25) is 0 Å². The van der Waals surface area contributed by atoms with E-state index in [2.05, 4.69) is 4.74 Å². The molecule has 96 valence electrons. The second-order valence-corrected chi connectivity index (χ2v) is 3.82. The van der Waals surface area contributed by atoms with Gasteiger partial charge in [0.25, 0.3) is 0 Å². The molecule has 0 bridgehead atoms. The summed E-state index contributed by atoms with van der Waals surface area (Å²) in [4.78, 5) is 0. The van der Waals surface area contributed by atoms with Crippen LogP contribution >= 0.6 is 0 Å². The van der Waals surface area contributed by atoms with Gasteiger partial charge in [0.1, 0.15) is 0 Å². The van der Waals surface area contributed by atoms with Crippen LogP contribution in [0.2, 0.25) is 0 Å². The van der Waals surface area contributed by atoms with Crippen LogP contribution in [-0.2, 0) is 4.74 Å².